The number of anilines is 1. The van der Waals surface area contributed by atoms with Crippen molar-refractivity contribution in [2.45, 2.75) is 41.0 Å². The van der Waals surface area contributed by atoms with Gasteiger partial charge < -0.3 is 16.0 Å². The maximum atomic E-state index is 12.7. The van der Waals surface area contributed by atoms with Crippen LogP contribution in [0.25, 0.3) is 0 Å². The summed E-state index contributed by atoms with van der Waals surface area (Å²) in [5.41, 5.74) is 6.38. The number of carbonyl (C=O) groups is 2. The van der Waals surface area contributed by atoms with Crippen LogP contribution in [0.5, 0.6) is 0 Å². The quantitative estimate of drug-likeness (QED) is 0.803. The number of halogens is 1. The lowest BCUT2D eigenvalue weighted by Gasteiger charge is -2.29. The second-order valence-electron chi connectivity index (χ2n) is 8.51. The van der Waals surface area contributed by atoms with Crippen molar-refractivity contribution in [3.63, 3.8) is 0 Å². The van der Waals surface area contributed by atoms with Crippen LogP contribution in [0, 0.1) is 10.8 Å². The number of nitrogens with one attached hydrogen (secondary N) is 1. The zero-order chi connectivity index (χ0) is 19.4. The van der Waals surface area contributed by atoms with Crippen molar-refractivity contribution in [1.29, 1.82) is 0 Å². The Balaban J connectivity index is 2.94. The highest BCUT2D eigenvalue weighted by Crippen LogP contribution is 2.25. The summed E-state index contributed by atoms with van der Waals surface area (Å²) in [5.74, 6) is -0.288. The van der Waals surface area contributed by atoms with Gasteiger partial charge in [0.25, 0.3) is 5.91 Å². The van der Waals surface area contributed by atoms with Crippen molar-refractivity contribution < 1.29 is 9.59 Å². The van der Waals surface area contributed by atoms with Gasteiger partial charge in [-0.1, -0.05) is 46.2 Å². The van der Waals surface area contributed by atoms with Crippen LogP contribution in [0.4, 0.5) is 5.69 Å². The zero-order valence-electron chi connectivity index (χ0n) is 16.1. The third kappa shape index (κ3) is 7.04. The Labute approximate surface area is 155 Å². The fourth-order valence-electron chi connectivity index (χ4n) is 2.44. The number of amides is 2. The first-order valence-electron chi connectivity index (χ1n) is 8.39. The van der Waals surface area contributed by atoms with Gasteiger partial charge in [0.2, 0.25) is 5.91 Å². The third-order valence-electron chi connectivity index (χ3n) is 3.74. The molecule has 0 unspecified atom stereocenters. The number of hydrogen-bond donors (Lipinski definition) is 2. The van der Waals surface area contributed by atoms with Gasteiger partial charge in [-0.3, -0.25) is 9.59 Å². The first-order valence-corrected chi connectivity index (χ1v) is 8.77. The largest absolute Gasteiger partial charge is 0.341 e. The van der Waals surface area contributed by atoms with Crippen molar-refractivity contribution in [1.82, 2.24) is 4.90 Å². The molecule has 2 amide bonds. The van der Waals surface area contributed by atoms with Crippen LogP contribution in [-0.4, -0.2) is 36.9 Å². The van der Waals surface area contributed by atoms with Gasteiger partial charge in [-0.2, -0.15) is 0 Å². The van der Waals surface area contributed by atoms with Gasteiger partial charge >= 0.3 is 0 Å². The van der Waals surface area contributed by atoms with E-state index in [2.05, 4.69) is 5.32 Å². The van der Waals surface area contributed by atoms with Gasteiger partial charge in [0, 0.05) is 25.7 Å². The molecule has 0 saturated heterocycles. The van der Waals surface area contributed by atoms with Crippen LogP contribution in [0.2, 0.25) is 5.02 Å². The van der Waals surface area contributed by atoms with Crippen molar-refractivity contribution in [3.05, 3.63) is 28.8 Å². The number of nitrogens with zero attached hydrogens (tertiary/aromatic N) is 1. The fraction of sp³-hybridized carbons (Fsp3) is 0.579. The monoisotopic (exact) mass is 367 g/mol. The average molecular weight is 368 g/mol. The molecule has 0 atom stereocenters. The van der Waals surface area contributed by atoms with Gasteiger partial charge in [0.1, 0.15) is 0 Å². The van der Waals surface area contributed by atoms with E-state index in [4.69, 9.17) is 17.3 Å². The first kappa shape index (κ1) is 21.5. The number of hydrogen-bond acceptors (Lipinski definition) is 3. The Kier molecular flexibility index (Phi) is 7.03. The predicted octanol–water partition coefficient (Wildman–Crippen LogP) is 3.77. The van der Waals surface area contributed by atoms with E-state index in [1.807, 2.05) is 34.6 Å². The number of benzene rings is 1. The fourth-order valence-corrected chi connectivity index (χ4v) is 2.64. The molecule has 0 heterocycles. The third-order valence-corrected chi connectivity index (χ3v) is 4.07. The van der Waals surface area contributed by atoms with Crippen LogP contribution in [-0.2, 0) is 4.79 Å². The van der Waals surface area contributed by atoms with Crippen LogP contribution < -0.4 is 11.1 Å². The van der Waals surface area contributed by atoms with E-state index in [-0.39, 0.29) is 22.6 Å². The Hall–Kier alpha value is -1.59. The van der Waals surface area contributed by atoms with Crippen LogP contribution in [0.15, 0.2) is 18.2 Å². The van der Waals surface area contributed by atoms with Crippen molar-refractivity contribution >= 4 is 29.1 Å². The zero-order valence-corrected chi connectivity index (χ0v) is 16.8. The summed E-state index contributed by atoms with van der Waals surface area (Å²) in [7, 11) is 1.72. The Morgan fingerprint density at radius 3 is 2.32 bits per heavy atom. The van der Waals surface area contributed by atoms with E-state index in [1.165, 1.54) is 0 Å². The highest BCUT2D eigenvalue weighted by Gasteiger charge is 2.24. The highest BCUT2D eigenvalue weighted by atomic mass is 35.5. The summed E-state index contributed by atoms with van der Waals surface area (Å²) in [5, 5.41) is 3.19. The highest BCUT2D eigenvalue weighted by molar-refractivity contribution is 6.34. The molecule has 0 aliphatic carbocycles. The lowest BCUT2D eigenvalue weighted by atomic mass is 9.92. The number of nitrogens with two attached hydrogens (primary N) is 1. The molecular formula is C19H30ClN3O2. The molecule has 0 spiro atoms. The predicted molar refractivity (Wildman–Crippen MR) is 104 cm³/mol. The lowest BCUT2D eigenvalue weighted by Crippen LogP contribution is -2.39. The van der Waals surface area contributed by atoms with Crippen LogP contribution in [0.1, 0.15) is 51.4 Å². The summed E-state index contributed by atoms with van der Waals surface area (Å²) in [4.78, 5) is 26.4. The van der Waals surface area contributed by atoms with Gasteiger partial charge in [-0.25, -0.2) is 0 Å². The summed E-state index contributed by atoms with van der Waals surface area (Å²) in [6.45, 7) is 11.0. The molecule has 25 heavy (non-hydrogen) atoms. The molecule has 1 aromatic carbocycles. The first-order chi connectivity index (χ1) is 11.3. The normalized spacial score (nSPS) is 12.0. The van der Waals surface area contributed by atoms with Gasteiger partial charge in [-0.05, 0) is 35.6 Å². The second-order valence-corrected chi connectivity index (χ2v) is 8.92. The molecule has 1 aromatic rings. The Bertz CT molecular complexity index is 636. The molecule has 0 bridgehead atoms. The van der Waals surface area contributed by atoms with E-state index in [0.717, 1.165) is 0 Å². The van der Waals surface area contributed by atoms with E-state index < -0.39 is 0 Å². The summed E-state index contributed by atoms with van der Waals surface area (Å²) in [6.07, 6.45) is 0.392. The molecule has 140 valence electrons. The minimum atomic E-state index is -0.196. The smallest absolute Gasteiger partial charge is 0.255 e. The van der Waals surface area contributed by atoms with Crippen LogP contribution >= 0.6 is 11.6 Å². The molecular weight excluding hydrogens is 338 g/mol. The summed E-state index contributed by atoms with van der Waals surface area (Å²) >= 11 is 6.20. The van der Waals surface area contributed by atoms with E-state index >= 15 is 0 Å². The molecule has 0 aromatic heterocycles. The van der Waals surface area contributed by atoms with E-state index in [9.17, 15) is 9.59 Å². The van der Waals surface area contributed by atoms with E-state index in [0.29, 0.717) is 35.8 Å². The topological polar surface area (TPSA) is 75.4 Å². The molecule has 5 nitrogen and oxygen atoms in total. The molecule has 1 rings (SSSR count). The average Bonchev–Trinajstić information content (AvgIpc) is 2.46. The summed E-state index contributed by atoms with van der Waals surface area (Å²) < 4.78 is 0. The summed E-state index contributed by atoms with van der Waals surface area (Å²) in [6, 6.07) is 4.95. The van der Waals surface area contributed by atoms with Gasteiger partial charge in [0.15, 0.2) is 0 Å². The molecule has 6 heteroatoms. The molecule has 3 N–H and O–H groups in total. The SMILES string of the molecule is CN(CC(C)(C)CN)C(=O)c1cc(NC(=O)CC(C)(C)C)ccc1Cl. The molecule has 0 fully saturated rings. The van der Waals surface area contributed by atoms with Gasteiger partial charge in [-0.15, -0.1) is 0 Å². The van der Waals surface area contributed by atoms with Crippen molar-refractivity contribution in [3.8, 4) is 0 Å². The van der Waals surface area contributed by atoms with Crippen LogP contribution in [0.3, 0.4) is 0 Å². The minimum Gasteiger partial charge on any atom is -0.341 e. The minimum absolute atomic E-state index is 0.0918. The molecule has 0 aliphatic heterocycles. The van der Waals surface area contributed by atoms with Crippen molar-refractivity contribution in [2.24, 2.45) is 16.6 Å². The van der Waals surface area contributed by atoms with Crippen molar-refractivity contribution in [2.75, 3.05) is 25.5 Å². The Morgan fingerprint density at radius 2 is 1.80 bits per heavy atom. The van der Waals surface area contributed by atoms with Gasteiger partial charge in [0.05, 0.1) is 10.6 Å². The molecule has 0 radical (unpaired) electrons. The second kappa shape index (κ2) is 8.19. The number of carbonyl (C=O) groups excluding carboxylic acids is 2. The maximum absolute atomic E-state index is 12.7. The van der Waals surface area contributed by atoms with E-state index in [1.54, 1.807) is 30.1 Å². The number of rotatable bonds is 6. The lowest BCUT2D eigenvalue weighted by molar-refractivity contribution is -0.117. The maximum Gasteiger partial charge on any atom is 0.255 e. The Morgan fingerprint density at radius 1 is 1.20 bits per heavy atom. The molecule has 0 aliphatic rings. The molecule has 0 saturated carbocycles. The standard InChI is InChI=1S/C19H30ClN3O2/c1-18(2,3)10-16(24)22-13-7-8-15(20)14(9-13)17(25)23(6)12-19(4,5)11-21/h7-9H,10-12,21H2,1-6H3,(H,22,24).